The van der Waals surface area contributed by atoms with Crippen LogP contribution in [0.5, 0.6) is 0 Å². The number of carbonyl (C=O) groups is 1. The molecule has 1 saturated carbocycles. The van der Waals surface area contributed by atoms with Crippen molar-refractivity contribution in [2.75, 3.05) is 27.2 Å². The number of piperidine rings is 1. The van der Waals surface area contributed by atoms with Crippen molar-refractivity contribution in [3.05, 3.63) is 0 Å². The van der Waals surface area contributed by atoms with Crippen LogP contribution in [-0.2, 0) is 9.53 Å². The summed E-state index contributed by atoms with van der Waals surface area (Å²) in [5.41, 5.74) is -0.0432. The van der Waals surface area contributed by atoms with E-state index in [4.69, 9.17) is 4.74 Å². The number of hydrogen-bond donors (Lipinski definition) is 2. The second kappa shape index (κ2) is 7.52. The topological polar surface area (TPSA) is 66.0 Å². The molecule has 6 nitrogen and oxygen atoms in total. The number of methoxy groups -OCH3 is 1. The number of nitrogens with zero attached hydrogens (tertiary/aromatic N) is 2. The Bertz CT molecular complexity index is 510. The van der Waals surface area contributed by atoms with Crippen LogP contribution in [-0.4, -0.2) is 61.7 Å². The van der Waals surface area contributed by atoms with Gasteiger partial charge in [0, 0.05) is 50.7 Å². The lowest BCUT2D eigenvalue weighted by Crippen LogP contribution is -2.69. The van der Waals surface area contributed by atoms with Gasteiger partial charge in [-0.2, -0.15) is 0 Å². The van der Waals surface area contributed by atoms with Crippen LogP contribution < -0.4 is 10.6 Å². The summed E-state index contributed by atoms with van der Waals surface area (Å²) in [4.78, 5) is 18.5. The Morgan fingerprint density at radius 1 is 1.20 bits per heavy atom. The molecule has 0 spiro atoms. The van der Waals surface area contributed by atoms with Crippen molar-refractivity contribution in [2.24, 2.45) is 16.3 Å². The quantitative estimate of drug-likeness (QED) is 0.600. The van der Waals surface area contributed by atoms with Crippen LogP contribution in [0.25, 0.3) is 0 Å². The highest BCUT2D eigenvalue weighted by Crippen LogP contribution is 2.51. The van der Waals surface area contributed by atoms with Crippen LogP contribution in [0.15, 0.2) is 4.99 Å². The Kier molecular flexibility index (Phi) is 6.02. The first-order valence-corrected chi connectivity index (χ1v) is 9.48. The van der Waals surface area contributed by atoms with Crippen molar-refractivity contribution < 1.29 is 9.53 Å². The number of nitrogens with one attached hydrogen (secondary N) is 2. The summed E-state index contributed by atoms with van der Waals surface area (Å²) in [5.74, 6) is 1.19. The van der Waals surface area contributed by atoms with E-state index in [-0.39, 0.29) is 22.8 Å². The molecule has 0 aromatic carbocycles. The van der Waals surface area contributed by atoms with Crippen molar-refractivity contribution in [3.8, 4) is 0 Å². The Balaban J connectivity index is 1.84. The van der Waals surface area contributed by atoms with E-state index in [0.29, 0.717) is 12.1 Å². The molecule has 1 amide bonds. The first kappa shape index (κ1) is 20.0. The second-order valence-corrected chi connectivity index (χ2v) is 8.53. The maximum absolute atomic E-state index is 12.1. The number of amides is 1. The summed E-state index contributed by atoms with van der Waals surface area (Å²) < 4.78 is 5.70. The Morgan fingerprint density at radius 2 is 1.80 bits per heavy atom. The van der Waals surface area contributed by atoms with E-state index in [1.165, 1.54) is 0 Å². The fourth-order valence-electron chi connectivity index (χ4n) is 3.86. The van der Waals surface area contributed by atoms with Gasteiger partial charge in [0.1, 0.15) is 0 Å². The van der Waals surface area contributed by atoms with E-state index < -0.39 is 0 Å². The standard InChI is InChI=1S/C19H36N4O2/c1-13(2)16(24)23-10-8-14(9-11-23)21-17(20-6)22-15-12-19(5,25-7)18(15,3)4/h13-15H,8-12H2,1-7H3,(H2,20,21,22). The molecule has 144 valence electrons. The minimum atomic E-state index is -0.0912. The molecule has 1 heterocycles. The number of rotatable bonds is 4. The maximum atomic E-state index is 12.1. The first-order chi connectivity index (χ1) is 11.6. The number of hydrogen-bond acceptors (Lipinski definition) is 3. The van der Waals surface area contributed by atoms with E-state index in [1.54, 1.807) is 7.11 Å². The minimum absolute atomic E-state index is 0.0480. The number of likely N-dealkylation sites (tertiary alicyclic amines) is 1. The summed E-state index contributed by atoms with van der Waals surface area (Å²) in [5, 5.41) is 7.10. The molecule has 2 aliphatic rings. The molecular formula is C19H36N4O2. The fraction of sp³-hybridized carbons (Fsp3) is 0.895. The molecule has 2 fully saturated rings. The molecule has 2 unspecified atom stereocenters. The van der Waals surface area contributed by atoms with Crippen molar-refractivity contribution in [1.29, 1.82) is 0 Å². The van der Waals surface area contributed by atoms with Crippen LogP contribution in [0.2, 0.25) is 0 Å². The third-order valence-corrected chi connectivity index (χ3v) is 6.45. The molecule has 2 atom stereocenters. The number of aliphatic imine (C=N–C) groups is 1. The van der Waals surface area contributed by atoms with Gasteiger partial charge in [-0.1, -0.05) is 27.7 Å². The van der Waals surface area contributed by atoms with Crippen molar-refractivity contribution >= 4 is 11.9 Å². The molecular weight excluding hydrogens is 316 g/mol. The first-order valence-electron chi connectivity index (χ1n) is 9.48. The summed E-state index contributed by atoms with van der Waals surface area (Å²) in [6.07, 6.45) is 2.89. The molecule has 25 heavy (non-hydrogen) atoms. The highest BCUT2D eigenvalue weighted by atomic mass is 16.5. The molecule has 2 N–H and O–H groups in total. The zero-order chi connectivity index (χ0) is 18.8. The molecule has 0 aromatic rings. The molecule has 1 saturated heterocycles. The molecule has 0 bridgehead atoms. The van der Waals surface area contributed by atoms with Crippen LogP contribution in [0.1, 0.15) is 53.9 Å². The summed E-state index contributed by atoms with van der Waals surface area (Å²) in [6, 6.07) is 0.700. The average molecular weight is 353 g/mol. The van der Waals surface area contributed by atoms with Gasteiger partial charge in [0.2, 0.25) is 5.91 Å². The van der Waals surface area contributed by atoms with Gasteiger partial charge in [-0.05, 0) is 26.2 Å². The SMILES string of the molecule is CN=C(NC1CCN(C(=O)C(C)C)CC1)NC1CC(C)(OC)C1(C)C. The predicted molar refractivity (Wildman–Crippen MR) is 102 cm³/mol. The zero-order valence-corrected chi connectivity index (χ0v) is 17.0. The smallest absolute Gasteiger partial charge is 0.225 e. The van der Waals surface area contributed by atoms with E-state index in [1.807, 2.05) is 25.8 Å². The number of ether oxygens (including phenoxy) is 1. The largest absolute Gasteiger partial charge is 0.378 e. The second-order valence-electron chi connectivity index (χ2n) is 8.53. The highest BCUT2D eigenvalue weighted by molar-refractivity contribution is 5.81. The number of carbonyl (C=O) groups excluding carboxylic acids is 1. The lowest BCUT2D eigenvalue weighted by atomic mass is 9.56. The van der Waals surface area contributed by atoms with Gasteiger partial charge >= 0.3 is 0 Å². The van der Waals surface area contributed by atoms with Gasteiger partial charge < -0.3 is 20.3 Å². The van der Waals surface area contributed by atoms with Crippen molar-refractivity contribution in [2.45, 2.75) is 71.6 Å². The van der Waals surface area contributed by atoms with Crippen LogP contribution in [0.4, 0.5) is 0 Å². The van der Waals surface area contributed by atoms with Crippen LogP contribution in [0, 0.1) is 11.3 Å². The van der Waals surface area contributed by atoms with E-state index in [2.05, 4.69) is 36.4 Å². The third kappa shape index (κ3) is 3.94. The van der Waals surface area contributed by atoms with Gasteiger partial charge in [0.15, 0.2) is 5.96 Å². The van der Waals surface area contributed by atoms with Crippen molar-refractivity contribution in [3.63, 3.8) is 0 Å². The Hall–Kier alpha value is -1.30. The monoisotopic (exact) mass is 352 g/mol. The van der Waals surface area contributed by atoms with Crippen LogP contribution in [0.3, 0.4) is 0 Å². The summed E-state index contributed by atoms with van der Waals surface area (Å²) in [7, 11) is 3.60. The minimum Gasteiger partial charge on any atom is -0.378 e. The third-order valence-electron chi connectivity index (χ3n) is 6.45. The lowest BCUT2D eigenvalue weighted by molar-refractivity contribution is -0.176. The molecule has 0 radical (unpaired) electrons. The normalized spacial score (nSPS) is 30.2. The molecule has 6 heteroatoms. The lowest BCUT2D eigenvalue weighted by Gasteiger charge is -2.59. The van der Waals surface area contributed by atoms with E-state index in [0.717, 1.165) is 38.3 Å². The molecule has 1 aliphatic carbocycles. The van der Waals surface area contributed by atoms with E-state index >= 15 is 0 Å². The molecule has 0 aromatic heterocycles. The fourth-order valence-corrected chi connectivity index (χ4v) is 3.86. The molecule has 1 aliphatic heterocycles. The highest BCUT2D eigenvalue weighted by Gasteiger charge is 2.58. The maximum Gasteiger partial charge on any atom is 0.225 e. The predicted octanol–water partition coefficient (Wildman–Crippen LogP) is 2.00. The van der Waals surface area contributed by atoms with Gasteiger partial charge in [0.05, 0.1) is 5.60 Å². The zero-order valence-electron chi connectivity index (χ0n) is 17.0. The summed E-state index contributed by atoms with van der Waals surface area (Å²) in [6.45, 7) is 12.2. The van der Waals surface area contributed by atoms with Gasteiger partial charge in [0.25, 0.3) is 0 Å². The average Bonchev–Trinajstić information content (AvgIpc) is 2.59. The Morgan fingerprint density at radius 3 is 2.24 bits per heavy atom. The van der Waals surface area contributed by atoms with Gasteiger partial charge in [-0.25, -0.2) is 0 Å². The van der Waals surface area contributed by atoms with Crippen molar-refractivity contribution in [1.82, 2.24) is 15.5 Å². The Labute approximate surface area is 152 Å². The molecule has 2 rings (SSSR count). The van der Waals surface area contributed by atoms with Gasteiger partial charge in [-0.15, -0.1) is 0 Å². The van der Waals surface area contributed by atoms with E-state index in [9.17, 15) is 4.79 Å². The number of guanidine groups is 1. The van der Waals surface area contributed by atoms with Gasteiger partial charge in [-0.3, -0.25) is 9.79 Å². The van der Waals surface area contributed by atoms with Crippen LogP contribution >= 0.6 is 0 Å². The summed E-state index contributed by atoms with van der Waals surface area (Å²) >= 11 is 0.